The van der Waals surface area contributed by atoms with Gasteiger partial charge >= 0.3 is 0 Å². The summed E-state index contributed by atoms with van der Waals surface area (Å²) in [5.41, 5.74) is 18.6. The van der Waals surface area contributed by atoms with Crippen molar-refractivity contribution < 1.29 is 0 Å². The van der Waals surface area contributed by atoms with Crippen molar-refractivity contribution in [2.75, 3.05) is 19.6 Å². The molecular weight excluding hydrogens is 763 g/mol. The van der Waals surface area contributed by atoms with Crippen LogP contribution < -0.4 is 36.0 Å². The van der Waals surface area contributed by atoms with Gasteiger partial charge < -0.3 is 19.6 Å². The zero-order chi connectivity index (χ0) is 42.5. The third-order valence-electron chi connectivity index (χ3n) is 12.5. The Morgan fingerprint density at radius 1 is 0.333 bits per heavy atom. The first-order valence-electron chi connectivity index (χ1n) is 21.9. The quantitative estimate of drug-likeness (QED) is 0.142. The van der Waals surface area contributed by atoms with Crippen molar-refractivity contribution in [2.24, 2.45) is 0 Å². The molecular formula is C58H47BN4. The Balaban J connectivity index is 1.24. The monoisotopic (exact) mass is 810 g/mol. The van der Waals surface area contributed by atoms with Crippen LogP contribution in [0.5, 0.6) is 0 Å². The van der Waals surface area contributed by atoms with Crippen molar-refractivity contribution in [3.05, 3.63) is 236 Å². The lowest BCUT2D eigenvalue weighted by molar-refractivity contribution is 0.590. The number of rotatable bonds is 8. The zero-order valence-corrected chi connectivity index (χ0v) is 35.8. The van der Waals surface area contributed by atoms with Crippen LogP contribution in [0, 0.1) is 0 Å². The van der Waals surface area contributed by atoms with Crippen LogP contribution in [0.4, 0.5) is 68.2 Å². The van der Waals surface area contributed by atoms with Crippen molar-refractivity contribution in [3.63, 3.8) is 0 Å². The minimum Gasteiger partial charge on any atom is -0.311 e. The summed E-state index contributed by atoms with van der Waals surface area (Å²) in [5, 5.41) is 0. The molecule has 0 amide bonds. The Labute approximate surface area is 371 Å². The summed E-state index contributed by atoms with van der Waals surface area (Å²) in [4.78, 5) is 9.78. The fourth-order valence-corrected chi connectivity index (χ4v) is 9.63. The molecule has 0 saturated heterocycles. The van der Waals surface area contributed by atoms with Gasteiger partial charge in [0.25, 0.3) is 6.71 Å². The highest BCUT2D eigenvalue weighted by Gasteiger charge is 2.44. The minimum absolute atomic E-state index is 0.00726. The fourth-order valence-electron chi connectivity index (χ4n) is 9.63. The average Bonchev–Trinajstić information content (AvgIpc) is 3.33. The molecule has 2 aliphatic rings. The molecule has 302 valence electrons. The van der Waals surface area contributed by atoms with Crippen LogP contribution in [0.3, 0.4) is 0 Å². The molecule has 0 radical (unpaired) electrons. The van der Waals surface area contributed by atoms with Gasteiger partial charge in [0.1, 0.15) is 0 Å². The molecule has 0 aliphatic carbocycles. The van der Waals surface area contributed by atoms with Crippen LogP contribution in [-0.2, 0) is 5.41 Å². The number of para-hydroxylation sites is 6. The van der Waals surface area contributed by atoms with Gasteiger partial charge in [-0.15, -0.1) is 0 Å². The van der Waals surface area contributed by atoms with E-state index in [4.69, 9.17) is 0 Å². The number of fused-ring (bicyclic) bond motifs is 4. The van der Waals surface area contributed by atoms with Crippen LogP contribution in [0.1, 0.15) is 26.3 Å². The summed E-state index contributed by atoms with van der Waals surface area (Å²) in [6, 6.07) is 84.0. The molecule has 0 spiro atoms. The van der Waals surface area contributed by atoms with Crippen LogP contribution >= 0.6 is 0 Å². The lowest BCUT2D eigenvalue weighted by atomic mass is 9.33. The highest BCUT2D eigenvalue weighted by molar-refractivity contribution is 7.00. The van der Waals surface area contributed by atoms with Gasteiger partial charge in [-0.3, -0.25) is 0 Å². The van der Waals surface area contributed by atoms with E-state index in [0.29, 0.717) is 0 Å². The highest BCUT2D eigenvalue weighted by atomic mass is 15.2. The van der Waals surface area contributed by atoms with Crippen LogP contribution in [0.2, 0.25) is 0 Å². The first-order valence-corrected chi connectivity index (χ1v) is 21.9. The molecule has 11 rings (SSSR count). The van der Waals surface area contributed by atoms with Crippen LogP contribution in [0.25, 0.3) is 0 Å². The van der Waals surface area contributed by atoms with E-state index in [0.717, 1.165) is 62.6 Å². The summed E-state index contributed by atoms with van der Waals surface area (Å²) < 4.78 is 0. The Kier molecular flexibility index (Phi) is 9.46. The van der Waals surface area contributed by atoms with Crippen molar-refractivity contribution in [3.8, 4) is 0 Å². The van der Waals surface area contributed by atoms with Crippen molar-refractivity contribution in [1.82, 2.24) is 0 Å². The number of benzene rings is 9. The molecule has 0 atom stereocenters. The summed E-state index contributed by atoms with van der Waals surface area (Å²) in [6.07, 6.45) is 0. The van der Waals surface area contributed by atoms with Gasteiger partial charge in [0, 0.05) is 62.6 Å². The van der Waals surface area contributed by atoms with E-state index in [1.807, 2.05) is 0 Å². The first kappa shape index (κ1) is 38.2. The summed E-state index contributed by atoms with van der Waals surface area (Å²) >= 11 is 0. The zero-order valence-electron chi connectivity index (χ0n) is 35.8. The smallest absolute Gasteiger partial charge is 0.252 e. The molecule has 9 aromatic rings. The predicted molar refractivity (Wildman–Crippen MR) is 269 cm³/mol. The van der Waals surface area contributed by atoms with Gasteiger partial charge in [0.2, 0.25) is 0 Å². The van der Waals surface area contributed by atoms with Crippen molar-refractivity contribution in [2.45, 2.75) is 26.2 Å². The number of hydrogen-bond acceptors (Lipinski definition) is 4. The molecule has 2 aliphatic heterocycles. The van der Waals surface area contributed by atoms with E-state index in [1.54, 1.807) is 0 Å². The lowest BCUT2D eigenvalue weighted by Crippen LogP contribution is -2.61. The second kappa shape index (κ2) is 15.6. The van der Waals surface area contributed by atoms with E-state index in [2.05, 4.69) is 271 Å². The summed E-state index contributed by atoms with van der Waals surface area (Å²) in [6.45, 7) is 6.83. The number of nitrogens with zero attached hydrogens (tertiary/aromatic N) is 4. The molecule has 0 bridgehead atoms. The third kappa shape index (κ3) is 6.74. The maximum atomic E-state index is 2.53. The highest BCUT2D eigenvalue weighted by Crippen LogP contribution is 2.49. The lowest BCUT2D eigenvalue weighted by Gasteiger charge is -2.45. The summed E-state index contributed by atoms with van der Waals surface area (Å²) in [5.74, 6) is 0. The van der Waals surface area contributed by atoms with Crippen molar-refractivity contribution >= 4 is 91.3 Å². The van der Waals surface area contributed by atoms with Gasteiger partial charge in [0.15, 0.2) is 0 Å². The molecule has 63 heavy (non-hydrogen) atoms. The Bertz CT molecular complexity index is 2960. The standard InChI is InChI=1S/C58H47BN4/c1-58(2,3)42-33-35-48(36-34-42)63-54-39-49(60(43-21-9-4-10-22-43)44-23-11-5-12-24-44)37-38-52(54)59-51-31-19-20-32-53(51)62(47-29-17-8-18-30-47)55-40-50(41-56(63)57(55)59)61(45-25-13-6-14-26-45)46-27-15-7-16-28-46/h4-41H,1-3H3. The molecule has 0 aromatic heterocycles. The van der Waals surface area contributed by atoms with E-state index < -0.39 is 0 Å². The van der Waals surface area contributed by atoms with Gasteiger partial charge in [-0.05, 0) is 130 Å². The maximum Gasteiger partial charge on any atom is 0.252 e. The molecule has 0 fully saturated rings. The Morgan fingerprint density at radius 3 is 1.24 bits per heavy atom. The van der Waals surface area contributed by atoms with Gasteiger partial charge in [-0.2, -0.15) is 0 Å². The average molecular weight is 811 g/mol. The van der Waals surface area contributed by atoms with E-state index in [9.17, 15) is 0 Å². The number of anilines is 12. The predicted octanol–water partition coefficient (Wildman–Crippen LogP) is 14.0. The first-order chi connectivity index (χ1) is 30.9. The molecule has 0 saturated carbocycles. The molecule has 2 heterocycles. The van der Waals surface area contributed by atoms with Crippen LogP contribution in [0.15, 0.2) is 231 Å². The van der Waals surface area contributed by atoms with Gasteiger partial charge in [-0.25, -0.2) is 0 Å². The second-order valence-electron chi connectivity index (χ2n) is 17.4. The molecule has 0 unspecified atom stereocenters. The molecule has 4 nitrogen and oxygen atoms in total. The van der Waals surface area contributed by atoms with E-state index >= 15 is 0 Å². The topological polar surface area (TPSA) is 13.0 Å². The van der Waals surface area contributed by atoms with Gasteiger partial charge in [-0.1, -0.05) is 148 Å². The largest absolute Gasteiger partial charge is 0.311 e. The summed E-state index contributed by atoms with van der Waals surface area (Å²) in [7, 11) is 0. The van der Waals surface area contributed by atoms with E-state index in [1.165, 1.54) is 27.6 Å². The van der Waals surface area contributed by atoms with Crippen molar-refractivity contribution in [1.29, 1.82) is 0 Å². The maximum absolute atomic E-state index is 2.53. The third-order valence-corrected chi connectivity index (χ3v) is 12.5. The SMILES string of the molecule is CC(C)(C)c1ccc(N2c3cc(N(c4ccccc4)c4ccccc4)ccc3B3c4ccccc4N(c4ccccc4)c4cc(N(c5ccccc5)c5ccccc5)cc2c43)cc1. The van der Waals surface area contributed by atoms with Gasteiger partial charge in [0.05, 0.1) is 5.69 Å². The second-order valence-corrected chi connectivity index (χ2v) is 17.4. The fraction of sp³-hybridized carbons (Fsp3) is 0.0690. The molecule has 5 heteroatoms. The Morgan fingerprint density at radius 2 is 0.730 bits per heavy atom. The molecule has 0 N–H and O–H groups in total. The van der Waals surface area contributed by atoms with E-state index in [-0.39, 0.29) is 12.1 Å². The minimum atomic E-state index is -0.0295. The number of hydrogen-bond donors (Lipinski definition) is 0. The molecule has 9 aromatic carbocycles. The van der Waals surface area contributed by atoms with Crippen LogP contribution in [-0.4, -0.2) is 6.71 Å². The Hall–Kier alpha value is -7.76. The normalized spacial score (nSPS) is 12.6.